The van der Waals surface area contributed by atoms with Gasteiger partial charge < -0.3 is 9.72 Å². The Labute approximate surface area is 126 Å². The summed E-state index contributed by atoms with van der Waals surface area (Å²) >= 11 is 5.90. The lowest BCUT2D eigenvalue weighted by atomic mass is 9.98. The van der Waals surface area contributed by atoms with Gasteiger partial charge in [0.2, 0.25) is 0 Å². The van der Waals surface area contributed by atoms with Crippen LogP contribution in [0.15, 0.2) is 42.5 Å². The minimum atomic E-state index is -0.409. The number of hydrogen-bond acceptors (Lipinski definition) is 1. The molecule has 2 nitrogen and oxygen atoms in total. The van der Waals surface area contributed by atoms with Crippen LogP contribution in [0.1, 0.15) is 22.9 Å². The van der Waals surface area contributed by atoms with Crippen LogP contribution in [-0.2, 0) is 11.2 Å². The third kappa shape index (κ3) is 2.04. The number of ether oxygens (including phenoxy) is 1. The maximum Gasteiger partial charge on any atom is 0.141 e. The van der Waals surface area contributed by atoms with E-state index in [0.29, 0.717) is 6.61 Å². The van der Waals surface area contributed by atoms with Crippen molar-refractivity contribution in [1.82, 2.24) is 4.98 Å². The zero-order valence-electron chi connectivity index (χ0n) is 11.2. The van der Waals surface area contributed by atoms with E-state index in [1.54, 1.807) is 12.1 Å². The van der Waals surface area contributed by atoms with Gasteiger partial charge in [0.05, 0.1) is 17.3 Å². The van der Waals surface area contributed by atoms with Crippen LogP contribution in [0.4, 0.5) is 4.39 Å². The average Bonchev–Trinajstić information content (AvgIpc) is 2.89. The molecule has 1 unspecified atom stereocenters. The van der Waals surface area contributed by atoms with Gasteiger partial charge in [0.25, 0.3) is 0 Å². The molecule has 4 heteroatoms. The van der Waals surface area contributed by atoms with E-state index in [4.69, 9.17) is 16.3 Å². The Kier molecular flexibility index (Phi) is 2.98. The van der Waals surface area contributed by atoms with Gasteiger partial charge in [-0.1, -0.05) is 35.9 Å². The number of rotatable bonds is 1. The summed E-state index contributed by atoms with van der Waals surface area (Å²) in [6.07, 6.45) is 0.657. The van der Waals surface area contributed by atoms with Gasteiger partial charge >= 0.3 is 0 Å². The molecule has 0 spiro atoms. The van der Waals surface area contributed by atoms with Crippen LogP contribution in [0.25, 0.3) is 10.9 Å². The van der Waals surface area contributed by atoms with E-state index in [9.17, 15) is 4.39 Å². The molecule has 1 atom stereocenters. The van der Waals surface area contributed by atoms with Crippen LogP contribution in [0.5, 0.6) is 0 Å². The zero-order chi connectivity index (χ0) is 14.4. The highest BCUT2D eigenvalue weighted by Crippen LogP contribution is 2.37. The summed E-state index contributed by atoms with van der Waals surface area (Å²) in [7, 11) is 0. The number of para-hydroxylation sites is 1. The first-order chi connectivity index (χ1) is 10.2. The third-order valence-corrected chi connectivity index (χ3v) is 4.28. The Hall–Kier alpha value is -1.84. The normalized spacial score (nSPS) is 17.9. The quantitative estimate of drug-likeness (QED) is 0.697. The number of aromatic nitrogens is 1. The molecular weight excluding hydrogens is 289 g/mol. The molecule has 2 heterocycles. The molecule has 1 N–H and O–H groups in total. The number of benzene rings is 2. The Morgan fingerprint density at radius 2 is 2.05 bits per heavy atom. The molecule has 0 saturated carbocycles. The number of aromatic amines is 1. The highest BCUT2D eigenvalue weighted by molar-refractivity contribution is 6.30. The molecule has 0 amide bonds. The molecular formula is C17H13ClFNO. The van der Waals surface area contributed by atoms with E-state index in [2.05, 4.69) is 17.1 Å². The molecule has 1 aromatic heterocycles. The number of halogens is 2. The summed E-state index contributed by atoms with van der Waals surface area (Å²) in [5.74, 6) is -0.409. The van der Waals surface area contributed by atoms with Crippen molar-refractivity contribution in [2.24, 2.45) is 0 Å². The highest BCUT2D eigenvalue weighted by atomic mass is 35.5. The monoisotopic (exact) mass is 301 g/mol. The maximum atomic E-state index is 13.3. The van der Waals surface area contributed by atoms with Crippen molar-refractivity contribution >= 4 is 22.5 Å². The van der Waals surface area contributed by atoms with Crippen LogP contribution in [0.3, 0.4) is 0 Å². The van der Waals surface area contributed by atoms with Gasteiger partial charge in [0.15, 0.2) is 0 Å². The second kappa shape index (κ2) is 4.86. The van der Waals surface area contributed by atoms with Gasteiger partial charge in [-0.05, 0) is 35.7 Å². The average molecular weight is 302 g/mol. The van der Waals surface area contributed by atoms with Crippen LogP contribution in [0, 0.1) is 5.82 Å². The molecule has 0 aliphatic carbocycles. The molecule has 2 aromatic carbocycles. The number of fused-ring (bicyclic) bond motifs is 3. The van der Waals surface area contributed by atoms with Crippen molar-refractivity contribution in [2.75, 3.05) is 6.61 Å². The van der Waals surface area contributed by atoms with E-state index in [1.165, 1.54) is 17.0 Å². The minimum absolute atomic E-state index is 0.124. The Balaban J connectivity index is 1.88. The van der Waals surface area contributed by atoms with Crippen molar-refractivity contribution in [2.45, 2.75) is 12.5 Å². The number of hydrogen-bond donors (Lipinski definition) is 1. The number of H-pyrrole nitrogens is 1. The van der Waals surface area contributed by atoms with Gasteiger partial charge in [-0.15, -0.1) is 0 Å². The molecule has 106 valence electrons. The second-order valence-electron chi connectivity index (χ2n) is 5.24. The Bertz CT molecular complexity index is 827. The molecule has 0 saturated heterocycles. The van der Waals surface area contributed by atoms with Crippen LogP contribution < -0.4 is 0 Å². The highest BCUT2D eigenvalue weighted by Gasteiger charge is 2.26. The van der Waals surface area contributed by atoms with Crippen molar-refractivity contribution < 1.29 is 9.13 Å². The van der Waals surface area contributed by atoms with E-state index in [0.717, 1.165) is 23.2 Å². The van der Waals surface area contributed by atoms with Gasteiger partial charge in [-0.2, -0.15) is 0 Å². The fourth-order valence-corrected chi connectivity index (χ4v) is 3.20. The van der Waals surface area contributed by atoms with Gasteiger partial charge in [0, 0.05) is 10.9 Å². The standard InChI is InChI=1S/C17H13ClFNO/c18-13-9-10(5-6-14(13)19)17-16-12(7-8-21-17)11-3-1-2-4-15(11)20-16/h1-6,9,17,20H,7-8H2. The first kappa shape index (κ1) is 12.9. The van der Waals surface area contributed by atoms with Crippen LogP contribution in [-0.4, -0.2) is 11.6 Å². The van der Waals surface area contributed by atoms with Gasteiger partial charge in [-0.3, -0.25) is 0 Å². The first-order valence-corrected chi connectivity index (χ1v) is 7.28. The maximum absolute atomic E-state index is 13.3. The fraction of sp³-hybridized carbons (Fsp3) is 0.176. The van der Waals surface area contributed by atoms with Gasteiger partial charge in [-0.25, -0.2) is 4.39 Å². The lowest BCUT2D eigenvalue weighted by Gasteiger charge is -2.24. The predicted molar refractivity (Wildman–Crippen MR) is 81.2 cm³/mol. The third-order valence-electron chi connectivity index (χ3n) is 3.99. The zero-order valence-corrected chi connectivity index (χ0v) is 12.0. The van der Waals surface area contributed by atoms with Crippen molar-refractivity contribution in [1.29, 1.82) is 0 Å². The van der Waals surface area contributed by atoms with Gasteiger partial charge in [0.1, 0.15) is 11.9 Å². The minimum Gasteiger partial charge on any atom is -0.367 e. The molecule has 1 aliphatic rings. The van der Waals surface area contributed by atoms with Crippen LogP contribution >= 0.6 is 11.6 Å². The molecule has 21 heavy (non-hydrogen) atoms. The molecule has 3 aromatic rings. The summed E-state index contributed by atoms with van der Waals surface area (Å²) in [4.78, 5) is 3.44. The summed E-state index contributed by atoms with van der Waals surface area (Å²) in [5, 5.41) is 1.35. The molecule has 0 bridgehead atoms. The molecule has 0 fully saturated rings. The lowest BCUT2D eigenvalue weighted by molar-refractivity contribution is 0.0677. The smallest absolute Gasteiger partial charge is 0.141 e. The van der Waals surface area contributed by atoms with Crippen molar-refractivity contribution in [3.05, 3.63) is 70.1 Å². The topological polar surface area (TPSA) is 25.0 Å². The molecule has 4 rings (SSSR count). The summed E-state index contributed by atoms with van der Waals surface area (Å²) in [6.45, 7) is 0.647. The second-order valence-corrected chi connectivity index (χ2v) is 5.64. The van der Waals surface area contributed by atoms with E-state index in [1.807, 2.05) is 12.1 Å². The van der Waals surface area contributed by atoms with Crippen molar-refractivity contribution in [3.63, 3.8) is 0 Å². The summed E-state index contributed by atoms with van der Waals surface area (Å²) in [6, 6.07) is 13.0. The predicted octanol–water partition coefficient (Wildman–Crippen LogP) is 4.62. The summed E-state index contributed by atoms with van der Waals surface area (Å²) < 4.78 is 19.3. The number of nitrogens with one attached hydrogen (secondary N) is 1. The summed E-state index contributed by atoms with van der Waals surface area (Å²) in [5.41, 5.74) is 4.30. The van der Waals surface area contributed by atoms with Crippen LogP contribution in [0.2, 0.25) is 5.02 Å². The van der Waals surface area contributed by atoms with E-state index >= 15 is 0 Å². The molecule has 1 aliphatic heterocycles. The molecule has 0 radical (unpaired) electrons. The lowest BCUT2D eigenvalue weighted by Crippen LogP contribution is -2.17. The Morgan fingerprint density at radius 1 is 1.19 bits per heavy atom. The first-order valence-electron chi connectivity index (χ1n) is 6.90. The Morgan fingerprint density at radius 3 is 2.90 bits per heavy atom. The van der Waals surface area contributed by atoms with E-state index < -0.39 is 5.82 Å². The van der Waals surface area contributed by atoms with Crippen molar-refractivity contribution in [3.8, 4) is 0 Å². The van der Waals surface area contributed by atoms with E-state index in [-0.39, 0.29) is 11.1 Å². The fourth-order valence-electron chi connectivity index (χ4n) is 3.01. The largest absolute Gasteiger partial charge is 0.367 e. The SMILES string of the molecule is Fc1ccc(C2OCCc3c2[nH]c2ccccc32)cc1Cl.